The molecular weight excluding hydrogens is 259 g/mol. The van der Waals surface area contributed by atoms with Crippen LogP contribution in [0.4, 0.5) is 10.1 Å². The number of benzene rings is 1. The standard InChI is InChI=1S/C15H23FN2S/c1-10(17)6-13-4-5-15(14(16)7-13)18-8-11(2)19-12(3)9-18/h4-5,7,10-12H,6,8-9,17H2,1-3H3. The Labute approximate surface area is 119 Å². The predicted molar refractivity (Wildman–Crippen MR) is 82.5 cm³/mol. The van der Waals surface area contributed by atoms with Crippen LogP contribution in [0.1, 0.15) is 26.3 Å². The first-order valence-electron chi connectivity index (χ1n) is 6.90. The van der Waals surface area contributed by atoms with E-state index >= 15 is 0 Å². The lowest BCUT2D eigenvalue weighted by molar-refractivity contribution is 0.607. The summed E-state index contributed by atoms with van der Waals surface area (Å²) in [5.41, 5.74) is 7.46. The molecule has 0 aliphatic carbocycles. The fraction of sp³-hybridized carbons (Fsp3) is 0.600. The molecule has 1 aromatic carbocycles. The second-order valence-corrected chi connectivity index (χ2v) is 7.51. The highest BCUT2D eigenvalue weighted by Gasteiger charge is 2.24. The Kier molecular flexibility index (Phi) is 4.74. The zero-order chi connectivity index (χ0) is 14.0. The molecule has 0 saturated carbocycles. The maximum atomic E-state index is 14.2. The van der Waals surface area contributed by atoms with Gasteiger partial charge in [-0.3, -0.25) is 0 Å². The molecule has 3 atom stereocenters. The topological polar surface area (TPSA) is 29.3 Å². The van der Waals surface area contributed by atoms with Gasteiger partial charge in [-0.1, -0.05) is 19.9 Å². The number of nitrogens with zero attached hydrogens (tertiary/aromatic N) is 1. The van der Waals surface area contributed by atoms with Crippen LogP contribution in [0.5, 0.6) is 0 Å². The van der Waals surface area contributed by atoms with Crippen molar-refractivity contribution < 1.29 is 4.39 Å². The third kappa shape index (κ3) is 3.86. The Morgan fingerprint density at radius 2 is 2.00 bits per heavy atom. The van der Waals surface area contributed by atoms with E-state index in [9.17, 15) is 4.39 Å². The van der Waals surface area contributed by atoms with Crippen LogP contribution in [0.3, 0.4) is 0 Å². The Hall–Kier alpha value is -0.740. The quantitative estimate of drug-likeness (QED) is 0.924. The van der Waals surface area contributed by atoms with Gasteiger partial charge in [0.1, 0.15) is 5.82 Å². The maximum Gasteiger partial charge on any atom is 0.146 e. The highest BCUT2D eigenvalue weighted by Crippen LogP contribution is 2.30. The van der Waals surface area contributed by atoms with Gasteiger partial charge in [-0.25, -0.2) is 4.39 Å². The normalized spacial score (nSPS) is 25.4. The summed E-state index contributed by atoms with van der Waals surface area (Å²) in [7, 11) is 0. The van der Waals surface area contributed by atoms with Gasteiger partial charge in [-0.2, -0.15) is 11.8 Å². The lowest BCUT2D eigenvalue weighted by atomic mass is 10.1. The number of rotatable bonds is 3. The number of nitrogens with two attached hydrogens (primary N) is 1. The van der Waals surface area contributed by atoms with E-state index < -0.39 is 0 Å². The summed E-state index contributed by atoms with van der Waals surface area (Å²) in [6.07, 6.45) is 0.722. The van der Waals surface area contributed by atoms with Crippen molar-refractivity contribution >= 4 is 17.4 Å². The van der Waals surface area contributed by atoms with Crippen molar-refractivity contribution in [2.24, 2.45) is 5.73 Å². The molecule has 1 heterocycles. The van der Waals surface area contributed by atoms with Gasteiger partial charge >= 0.3 is 0 Å². The molecule has 1 aromatic rings. The molecule has 2 rings (SSSR count). The first kappa shape index (κ1) is 14.7. The van der Waals surface area contributed by atoms with Crippen LogP contribution in [0, 0.1) is 5.82 Å². The molecule has 0 amide bonds. The van der Waals surface area contributed by atoms with Gasteiger partial charge in [0.2, 0.25) is 0 Å². The Bertz CT molecular complexity index is 426. The van der Waals surface area contributed by atoms with Crippen LogP contribution in [0.2, 0.25) is 0 Å². The van der Waals surface area contributed by atoms with Crippen LogP contribution in [-0.4, -0.2) is 29.6 Å². The van der Waals surface area contributed by atoms with E-state index in [1.54, 1.807) is 6.07 Å². The van der Waals surface area contributed by atoms with Crippen molar-refractivity contribution in [2.75, 3.05) is 18.0 Å². The van der Waals surface area contributed by atoms with Gasteiger partial charge in [-0.15, -0.1) is 0 Å². The number of halogens is 1. The molecule has 1 fully saturated rings. The second kappa shape index (κ2) is 6.14. The minimum absolute atomic E-state index is 0.0664. The average molecular weight is 282 g/mol. The van der Waals surface area contributed by atoms with Crippen LogP contribution >= 0.6 is 11.8 Å². The molecule has 3 unspecified atom stereocenters. The van der Waals surface area contributed by atoms with Crippen molar-refractivity contribution in [1.82, 2.24) is 0 Å². The smallest absolute Gasteiger partial charge is 0.146 e. The Morgan fingerprint density at radius 3 is 2.53 bits per heavy atom. The van der Waals surface area contributed by atoms with E-state index in [4.69, 9.17) is 5.73 Å². The Morgan fingerprint density at radius 1 is 1.37 bits per heavy atom. The minimum Gasteiger partial charge on any atom is -0.367 e. The monoisotopic (exact) mass is 282 g/mol. The molecule has 19 heavy (non-hydrogen) atoms. The van der Waals surface area contributed by atoms with Gasteiger partial charge in [0.25, 0.3) is 0 Å². The first-order valence-corrected chi connectivity index (χ1v) is 7.84. The fourth-order valence-electron chi connectivity index (χ4n) is 2.68. The van der Waals surface area contributed by atoms with Crippen molar-refractivity contribution in [3.05, 3.63) is 29.6 Å². The molecular formula is C15H23FN2S. The molecule has 4 heteroatoms. The fourth-order valence-corrected chi connectivity index (χ4v) is 4.01. The van der Waals surface area contributed by atoms with E-state index in [1.165, 1.54) is 0 Å². The summed E-state index contributed by atoms with van der Waals surface area (Å²) in [5.74, 6) is -0.121. The summed E-state index contributed by atoms with van der Waals surface area (Å²) in [5, 5.41) is 1.10. The highest BCUT2D eigenvalue weighted by atomic mass is 32.2. The van der Waals surface area contributed by atoms with Crippen molar-refractivity contribution in [1.29, 1.82) is 0 Å². The average Bonchev–Trinajstić information content (AvgIpc) is 2.26. The molecule has 0 bridgehead atoms. The molecule has 0 radical (unpaired) electrons. The molecule has 1 aliphatic heterocycles. The SMILES string of the molecule is CC(N)Cc1ccc(N2CC(C)SC(C)C2)c(F)c1. The lowest BCUT2D eigenvalue weighted by Gasteiger charge is -2.36. The number of anilines is 1. The number of thioether (sulfide) groups is 1. The summed E-state index contributed by atoms with van der Waals surface area (Å²) < 4.78 is 14.2. The maximum absolute atomic E-state index is 14.2. The predicted octanol–water partition coefficient (Wildman–Crippen LogP) is 3.05. The summed E-state index contributed by atoms with van der Waals surface area (Å²) in [6.45, 7) is 8.18. The third-order valence-electron chi connectivity index (χ3n) is 3.33. The van der Waals surface area contributed by atoms with Crippen LogP contribution < -0.4 is 10.6 Å². The van der Waals surface area contributed by atoms with Crippen LogP contribution in [-0.2, 0) is 6.42 Å². The van der Waals surface area contributed by atoms with Crippen molar-refractivity contribution in [3.8, 4) is 0 Å². The Balaban J connectivity index is 2.16. The zero-order valence-corrected chi connectivity index (χ0v) is 12.7. The molecule has 2 N–H and O–H groups in total. The zero-order valence-electron chi connectivity index (χ0n) is 11.9. The van der Waals surface area contributed by atoms with Gasteiger partial charge in [0.05, 0.1) is 5.69 Å². The largest absolute Gasteiger partial charge is 0.367 e. The molecule has 1 aliphatic rings. The molecule has 0 spiro atoms. The summed E-state index contributed by atoms with van der Waals surface area (Å²) >= 11 is 1.98. The first-order chi connectivity index (χ1) is 8.95. The number of hydrogen-bond acceptors (Lipinski definition) is 3. The van der Waals surface area contributed by atoms with E-state index in [2.05, 4.69) is 18.7 Å². The minimum atomic E-state index is -0.121. The number of hydrogen-bond donors (Lipinski definition) is 1. The highest BCUT2D eigenvalue weighted by molar-refractivity contribution is 8.00. The molecule has 2 nitrogen and oxygen atoms in total. The van der Waals surface area contributed by atoms with Crippen LogP contribution in [0.25, 0.3) is 0 Å². The summed E-state index contributed by atoms with van der Waals surface area (Å²) in [6, 6.07) is 5.61. The van der Waals surface area contributed by atoms with E-state index in [-0.39, 0.29) is 11.9 Å². The van der Waals surface area contributed by atoms with Crippen molar-refractivity contribution in [2.45, 2.75) is 43.7 Å². The van der Waals surface area contributed by atoms with E-state index in [0.717, 1.165) is 30.8 Å². The van der Waals surface area contributed by atoms with Gasteiger partial charge < -0.3 is 10.6 Å². The molecule has 0 aromatic heterocycles. The second-order valence-electron chi connectivity index (χ2n) is 5.63. The third-order valence-corrected chi connectivity index (χ3v) is 4.56. The van der Waals surface area contributed by atoms with Gasteiger partial charge in [-0.05, 0) is 31.0 Å². The molecule has 106 valence electrons. The summed E-state index contributed by atoms with van der Waals surface area (Å²) in [4.78, 5) is 2.16. The van der Waals surface area contributed by atoms with E-state index in [0.29, 0.717) is 10.5 Å². The van der Waals surface area contributed by atoms with Gasteiger partial charge in [0, 0.05) is 29.6 Å². The lowest BCUT2D eigenvalue weighted by Crippen LogP contribution is -2.40. The van der Waals surface area contributed by atoms with E-state index in [1.807, 2.05) is 30.8 Å². The van der Waals surface area contributed by atoms with Crippen molar-refractivity contribution in [3.63, 3.8) is 0 Å². The molecule has 1 saturated heterocycles. The van der Waals surface area contributed by atoms with Crippen LogP contribution in [0.15, 0.2) is 18.2 Å². The van der Waals surface area contributed by atoms with Gasteiger partial charge in [0.15, 0.2) is 0 Å².